The van der Waals surface area contributed by atoms with E-state index in [1.54, 1.807) is 6.92 Å². The smallest absolute Gasteiger partial charge is 0.354 e. The minimum absolute atomic E-state index is 0.105. The molecule has 2 fully saturated rings. The molecule has 3 aliphatic rings. The predicted molar refractivity (Wildman–Crippen MR) is 82.7 cm³/mol. The Morgan fingerprint density at radius 2 is 2.25 bits per heavy atom. The van der Waals surface area contributed by atoms with Gasteiger partial charge in [-0.3, -0.25) is 5.01 Å². The van der Waals surface area contributed by atoms with Crippen molar-refractivity contribution < 1.29 is 23.0 Å². The molecule has 0 spiro atoms. The quantitative estimate of drug-likeness (QED) is 0.796. The Bertz CT molecular complexity index is 709. The summed E-state index contributed by atoms with van der Waals surface area (Å²) in [5, 5.41) is 5.85. The van der Waals surface area contributed by atoms with Crippen LogP contribution in [0.25, 0.3) is 0 Å². The van der Waals surface area contributed by atoms with Crippen LogP contribution in [-0.4, -0.2) is 36.5 Å². The van der Waals surface area contributed by atoms with Crippen molar-refractivity contribution in [2.24, 2.45) is 11.0 Å². The first-order valence-corrected chi connectivity index (χ1v) is 8.24. The summed E-state index contributed by atoms with van der Waals surface area (Å²) in [6.07, 6.45) is 2.42. The fraction of sp³-hybridized carbons (Fsp3) is 0.529. The summed E-state index contributed by atoms with van der Waals surface area (Å²) in [7, 11) is 0. The topological polar surface area (TPSA) is 51.1 Å². The van der Waals surface area contributed by atoms with Gasteiger partial charge in [0.1, 0.15) is 5.82 Å². The maximum Gasteiger partial charge on any atom is 0.354 e. The standard InChI is InChI=1S/C17H18F2N2O3/c1-2-23-17(22)15-11-8-10-4-6-14(24-10)16(11)21(20-15)13-5-3-9(18)7-12(13)19/h3,5,7,10-11,14,16H,2,4,6,8H2,1H3. The number of halogens is 2. The first kappa shape index (κ1) is 15.5. The zero-order chi connectivity index (χ0) is 16.8. The van der Waals surface area contributed by atoms with E-state index < -0.39 is 17.6 Å². The minimum Gasteiger partial charge on any atom is -0.461 e. The van der Waals surface area contributed by atoms with Crippen molar-refractivity contribution in [1.82, 2.24) is 0 Å². The highest BCUT2D eigenvalue weighted by Gasteiger charge is 2.53. The van der Waals surface area contributed by atoms with E-state index in [4.69, 9.17) is 9.47 Å². The maximum atomic E-state index is 14.3. The number of rotatable bonds is 3. The summed E-state index contributed by atoms with van der Waals surface area (Å²) in [6.45, 7) is 1.99. The molecule has 4 rings (SSSR count). The van der Waals surface area contributed by atoms with Gasteiger partial charge in [-0.2, -0.15) is 5.10 Å². The Balaban J connectivity index is 1.75. The van der Waals surface area contributed by atoms with Gasteiger partial charge < -0.3 is 9.47 Å². The molecule has 5 nitrogen and oxygen atoms in total. The van der Waals surface area contributed by atoms with Crippen LogP contribution in [0.1, 0.15) is 26.2 Å². The summed E-state index contributed by atoms with van der Waals surface area (Å²) in [6, 6.07) is 3.10. The second-order valence-electron chi connectivity index (χ2n) is 6.35. The van der Waals surface area contributed by atoms with Gasteiger partial charge in [0.05, 0.1) is 30.5 Å². The average molecular weight is 336 g/mol. The third-order valence-corrected chi connectivity index (χ3v) is 4.94. The van der Waals surface area contributed by atoms with Crippen molar-refractivity contribution in [1.29, 1.82) is 0 Å². The lowest BCUT2D eigenvalue weighted by molar-refractivity contribution is -0.135. The zero-order valence-electron chi connectivity index (χ0n) is 13.2. The number of carbonyl (C=O) groups excluding carboxylic acids is 1. The fourth-order valence-corrected chi connectivity index (χ4v) is 3.98. The van der Waals surface area contributed by atoms with Gasteiger partial charge in [-0.1, -0.05) is 0 Å². The van der Waals surface area contributed by atoms with Gasteiger partial charge in [-0.15, -0.1) is 0 Å². The molecule has 128 valence electrons. The predicted octanol–water partition coefficient (Wildman–Crippen LogP) is 2.64. The zero-order valence-corrected chi connectivity index (χ0v) is 13.2. The molecular formula is C17H18F2N2O3. The Hall–Kier alpha value is -2.02. The molecule has 24 heavy (non-hydrogen) atoms. The molecular weight excluding hydrogens is 318 g/mol. The van der Waals surface area contributed by atoms with Crippen molar-refractivity contribution in [3.05, 3.63) is 29.8 Å². The molecule has 0 N–H and O–H groups in total. The largest absolute Gasteiger partial charge is 0.461 e. The average Bonchev–Trinajstić information content (AvgIpc) is 3.10. The van der Waals surface area contributed by atoms with Crippen molar-refractivity contribution in [3.8, 4) is 0 Å². The Labute approximate surface area is 138 Å². The van der Waals surface area contributed by atoms with Gasteiger partial charge in [0.2, 0.25) is 0 Å². The Morgan fingerprint density at radius 1 is 1.42 bits per heavy atom. The van der Waals surface area contributed by atoms with Gasteiger partial charge >= 0.3 is 5.97 Å². The molecule has 3 heterocycles. The van der Waals surface area contributed by atoms with E-state index in [1.165, 1.54) is 17.1 Å². The van der Waals surface area contributed by atoms with Crippen molar-refractivity contribution in [3.63, 3.8) is 0 Å². The van der Waals surface area contributed by atoms with Gasteiger partial charge in [-0.25, -0.2) is 13.6 Å². The number of benzene rings is 1. The van der Waals surface area contributed by atoms with Crippen LogP contribution in [0.2, 0.25) is 0 Å². The monoisotopic (exact) mass is 336 g/mol. The molecule has 3 aliphatic heterocycles. The van der Waals surface area contributed by atoms with Gasteiger partial charge in [0, 0.05) is 12.0 Å². The molecule has 2 saturated heterocycles. The number of carbonyl (C=O) groups is 1. The van der Waals surface area contributed by atoms with E-state index >= 15 is 0 Å². The molecule has 4 unspecified atom stereocenters. The molecule has 0 saturated carbocycles. The lowest BCUT2D eigenvalue weighted by Gasteiger charge is -2.36. The van der Waals surface area contributed by atoms with E-state index in [9.17, 15) is 13.6 Å². The highest BCUT2D eigenvalue weighted by atomic mass is 19.1. The van der Waals surface area contributed by atoms with Gasteiger partial charge in [0.25, 0.3) is 0 Å². The number of hydrogen-bond donors (Lipinski definition) is 0. The molecule has 2 bridgehead atoms. The Morgan fingerprint density at radius 3 is 3.00 bits per heavy atom. The van der Waals surface area contributed by atoms with Crippen LogP contribution in [0.15, 0.2) is 23.3 Å². The van der Waals surface area contributed by atoms with E-state index in [-0.39, 0.29) is 36.5 Å². The fourth-order valence-electron chi connectivity index (χ4n) is 3.98. The number of esters is 1. The summed E-state index contributed by atoms with van der Waals surface area (Å²) >= 11 is 0. The molecule has 7 heteroatoms. The minimum atomic E-state index is -0.706. The number of hydrazone groups is 1. The van der Waals surface area contributed by atoms with E-state index in [0.717, 1.165) is 18.9 Å². The van der Waals surface area contributed by atoms with Crippen molar-refractivity contribution >= 4 is 17.4 Å². The van der Waals surface area contributed by atoms with Crippen LogP contribution in [0, 0.1) is 17.6 Å². The summed E-state index contributed by atoms with van der Waals surface area (Å²) in [5.41, 5.74) is 0.463. The van der Waals surface area contributed by atoms with E-state index in [2.05, 4.69) is 5.10 Å². The van der Waals surface area contributed by atoms with E-state index in [1.807, 2.05) is 0 Å². The number of ether oxygens (including phenoxy) is 2. The van der Waals surface area contributed by atoms with Crippen LogP contribution in [-0.2, 0) is 14.3 Å². The lowest BCUT2D eigenvalue weighted by Crippen LogP contribution is -2.48. The molecule has 0 amide bonds. The summed E-state index contributed by atoms with van der Waals surface area (Å²) < 4.78 is 38.6. The van der Waals surface area contributed by atoms with Crippen LogP contribution in [0.4, 0.5) is 14.5 Å². The normalized spacial score (nSPS) is 31.0. The van der Waals surface area contributed by atoms with Crippen LogP contribution in [0.5, 0.6) is 0 Å². The number of anilines is 1. The Kier molecular flexibility index (Phi) is 3.75. The first-order valence-electron chi connectivity index (χ1n) is 8.24. The lowest BCUT2D eigenvalue weighted by atomic mass is 9.87. The first-order chi connectivity index (χ1) is 11.6. The molecule has 1 aromatic rings. The van der Waals surface area contributed by atoms with Crippen LogP contribution < -0.4 is 5.01 Å². The van der Waals surface area contributed by atoms with Crippen molar-refractivity contribution in [2.45, 2.75) is 44.4 Å². The molecule has 1 aromatic carbocycles. The summed E-state index contributed by atoms with van der Waals surface area (Å²) in [5.74, 6) is -1.98. The van der Waals surface area contributed by atoms with Crippen LogP contribution in [0.3, 0.4) is 0 Å². The van der Waals surface area contributed by atoms with Crippen molar-refractivity contribution in [2.75, 3.05) is 11.6 Å². The highest BCUT2D eigenvalue weighted by molar-refractivity contribution is 6.38. The molecule has 0 radical (unpaired) electrons. The molecule has 4 atom stereocenters. The van der Waals surface area contributed by atoms with Crippen LogP contribution >= 0.6 is 0 Å². The van der Waals surface area contributed by atoms with E-state index in [0.29, 0.717) is 12.1 Å². The summed E-state index contributed by atoms with van der Waals surface area (Å²) in [4.78, 5) is 12.3. The maximum absolute atomic E-state index is 14.3. The SMILES string of the molecule is CCOC(=O)C1=NN(c2ccc(F)cc2F)C2C3CCC(CC12)O3. The highest BCUT2D eigenvalue weighted by Crippen LogP contribution is 2.44. The number of hydrogen-bond acceptors (Lipinski definition) is 5. The number of nitrogens with zero attached hydrogens (tertiary/aromatic N) is 2. The van der Waals surface area contributed by atoms with Gasteiger partial charge in [-0.05, 0) is 38.3 Å². The molecule has 0 aromatic heterocycles. The second kappa shape index (κ2) is 5.81. The molecule has 0 aliphatic carbocycles. The third kappa shape index (κ3) is 2.38. The van der Waals surface area contributed by atoms with Gasteiger partial charge in [0.15, 0.2) is 11.5 Å². The second-order valence-corrected chi connectivity index (χ2v) is 6.35. The third-order valence-electron chi connectivity index (χ3n) is 4.94. The number of fused-ring (bicyclic) bond motifs is 4.